The molecule has 0 aliphatic rings. The maximum absolute atomic E-state index is 10.3. The van der Waals surface area contributed by atoms with Crippen LogP contribution in [-0.2, 0) is 6.54 Å². The molecule has 2 aromatic carbocycles. The van der Waals surface area contributed by atoms with Gasteiger partial charge in [-0.25, -0.2) is 0 Å². The molecule has 0 amide bonds. The monoisotopic (exact) mass is 382 g/mol. The third-order valence-electron chi connectivity index (χ3n) is 4.46. The Morgan fingerprint density at radius 1 is 1.07 bits per heavy atom. The second-order valence-corrected chi connectivity index (χ2v) is 7.43. The number of hydrogen-bond donors (Lipinski definition) is 1. The van der Waals surface area contributed by atoms with Gasteiger partial charge in [0.15, 0.2) is 5.16 Å². The number of aryl methyl sites for hydroxylation is 2. The minimum absolute atomic E-state index is 0.245. The SMILES string of the molecule is CCn1c2ccccc2n2c(SCC(O)COc3ccc(C)cc3)nnc12. The summed E-state index contributed by atoms with van der Waals surface area (Å²) in [6, 6.07) is 16.0. The molecule has 27 heavy (non-hydrogen) atoms. The van der Waals surface area contributed by atoms with Crippen LogP contribution in [0.2, 0.25) is 0 Å². The van der Waals surface area contributed by atoms with Gasteiger partial charge in [-0.2, -0.15) is 0 Å². The van der Waals surface area contributed by atoms with Crippen LogP contribution < -0.4 is 4.74 Å². The first kappa shape index (κ1) is 17.9. The second-order valence-electron chi connectivity index (χ2n) is 6.44. The molecule has 4 rings (SSSR count). The van der Waals surface area contributed by atoms with Crippen molar-refractivity contribution in [3.8, 4) is 5.75 Å². The van der Waals surface area contributed by atoms with E-state index in [0.717, 1.165) is 34.3 Å². The number of para-hydroxylation sites is 2. The molecule has 7 heteroatoms. The predicted molar refractivity (Wildman–Crippen MR) is 108 cm³/mol. The largest absolute Gasteiger partial charge is 0.491 e. The van der Waals surface area contributed by atoms with Gasteiger partial charge in [0.1, 0.15) is 12.4 Å². The quantitative estimate of drug-likeness (QED) is 0.495. The van der Waals surface area contributed by atoms with Crippen LogP contribution in [0.1, 0.15) is 12.5 Å². The van der Waals surface area contributed by atoms with Crippen molar-refractivity contribution in [1.82, 2.24) is 19.2 Å². The molecule has 2 heterocycles. The molecule has 140 valence electrons. The zero-order valence-electron chi connectivity index (χ0n) is 15.4. The van der Waals surface area contributed by atoms with Gasteiger partial charge in [0, 0.05) is 12.3 Å². The van der Waals surface area contributed by atoms with Gasteiger partial charge >= 0.3 is 0 Å². The number of hydrogen-bond acceptors (Lipinski definition) is 5. The highest BCUT2D eigenvalue weighted by molar-refractivity contribution is 7.99. The molecule has 1 unspecified atom stereocenters. The molecule has 2 aromatic heterocycles. The zero-order valence-corrected chi connectivity index (χ0v) is 16.2. The Balaban J connectivity index is 1.46. The van der Waals surface area contributed by atoms with Gasteiger partial charge in [-0.1, -0.05) is 41.6 Å². The number of aromatic nitrogens is 4. The lowest BCUT2D eigenvalue weighted by molar-refractivity contribution is 0.126. The minimum Gasteiger partial charge on any atom is -0.491 e. The summed E-state index contributed by atoms with van der Waals surface area (Å²) in [5.74, 6) is 2.07. The van der Waals surface area contributed by atoms with Crippen molar-refractivity contribution in [2.75, 3.05) is 12.4 Å². The lowest BCUT2D eigenvalue weighted by Gasteiger charge is -2.11. The van der Waals surface area contributed by atoms with E-state index in [2.05, 4.69) is 38.2 Å². The van der Waals surface area contributed by atoms with E-state index in [0.29, 0.717) is 5.75 Å². The van der Waals surface area contributed by atoms with E-state index in [9.17, 15) is 5.11 Å². The first-order chi connectivity index (χ1) is 13.2. The Bertz CT molecular complexity index is 1060. The van der Waals surface area contributed by atoms with Gasteiger partial charge in [-0.3, -0.25) is 4.40 Å². The topological polar surface area (TPSA) is 64.6 Å². The summed E-state index contributed by atoms with van der Waals surface area (Å²) >= 11 is 1.49. The highest BCUT2D eigenvalue weighted by Crippen LogP contribution is 2.26. The molecule has 0 radical (unpaired) electrons. The molecule has 6 nitrogen and oxygen atoms in total. The summed E-state index contributed by atoms with van der Waals surface area (Å²) in [6.45, 7) is 5.20. The number of fused-ring (bicyclic) bond motifs is 3. The van der Waals surface area contributed by atoms with Gasteiger partial charge in [0.2, 0.25) is 5.78 Å². The number of nitrogens with zero attached hydrogens (tertiary/aromatic N) is 4. The van der Waals surface area contributed by atoms with Crippen molar-refractivity contribution in [3.05, 3.63) is 54.1 Å². The van der Waals surface area contributed by atoms with Gasteiger partial charge in [-0.15, -0.1) is 10.2 Å². The summed E-state index contributed by atoms with van der Waals surface area (Å²) in [5.41, 5.74) is 3.39. The van der Waals surface area contributed by atoms with E-state index >= 15 is 0 Å². The van der Waals surface area contributed by atoms with E-state index in [4.69, 9.17) is 4.74 Å². The van der Waals surface area contributed by atoms with Gasteiger partial charge in [0.25, 0.3) is 0 Å². The van der Waals surface area contributed by atoms with Crippen LogP contribution in [0.15, 0.2) is 53.7 Å². The van der Waals surface area contributed by atoms with Crippen LogP contribution in [-0.4, -0.2) is 42.7 Å². The lowest BCUT2D eigenvalue weighted by Crippen LogP contribution is -2.20. The summed E-state index contributed by atoms with van der Waals surface area (Å²) in [7, 11) is 0. The first-order valence-electron chi connectivity index (χ1n) is 9.00. The van der Waals surface area contributed by atoms with Gasteiger partial charge in [0.05, 0.1) is 17.1 Å². The average Bonchev–Trinajstić information content (AvgIpc) is 3.23. The molecular formula is C20H22N4O2S. The first-order valence-corrected chi connectivity index (χ1v) is 9.98. The normalized spacial score (nSPS) is 12.7. The third-order valence-corrected chi connectivity index (χ3v) is 5.53. The Kier molecular flexibility index (Phi) is 5.05. The molecule has 4 aromatic rings. The molecule has 1 atom stereocenters. The van der Waals surface area contributed by atoms with Crippen LogP contribution in [0.25, 0.3) is 16.8 Å². The number of benzene rings is 2. The number of imidazole rings is 1. The molecule has 0 spiro atoms. The molecule has 0 saturated heterocycles. The fourth-order valence-corrected chi connectivity index (χ4v) is 3.93. The average molecular weight is 382 g/mol. The fraction of sp³-hybridized carbons (Fsp3) is 0.300. The Hall–Kier alpha value is -2.51. The van der Waals surface area contributed by atoms with Crippen molar-refractivity contribution in [2.45, 2.75) is 31.7 Å². The van der Waals surface area contributed by atoms with Crippen LogP contribution in [0.5, 0.6) is 5.75 Å². The van der Waals surface area contributed by atoms with E-state index in [1.54, 1.807) is 0 Å². The van der Waals surface area contributed by atoms with Gasteiger partial charge in [-0.05, 0) is 38.1 Å². The van der Waals surface area contributed by atoms with Crippen LogP contribution >= 0.6 is 11.8 Å². The number of aliphatic hydroxyl groups excluding tert-OH is 1. The Morgan fingerprint density at radius 2 is 1.81 bits per heavy atom. The predicted octanol–water partition coefficient (Wildman–Crippen LogP) is 3.54. The van der Waals surface area contributed by atoms with E-state index in [1.807, 2.05) is 43.3 Å². The number of thioether (sulfide) groups is 1. The third kappa shape index (κ3) is 3.52. The Morgan fingerprint density at radius 3 is 2.56 bits per heavy atom. The maximum Gasteiger partial charge on any atom is 0.237 e. The second kappa shape index (κ2) is 7.62. The van der Waals surface area contributed by atoms with E-state index in [1.165, 1.54) is 17.3 Å². The molecule has 0 saturated carbocycles. The van der Waals surface area contributed by atoms with Gasteiger partial charge < -0.3 is 14.4 Å². The molecule has 0 fully saturated rings. The van der Waals surface area contributed by atoms with E-state index in [-0.39, 0.29) is 6.61 Å². The molecule has 0 bridgehead atoms. The van der Waals surface area contributed by atoms with Crippen molar-refractivity contribution in [1.29, 1.82) is 0 Å². The molecule has 1 N–H and O–H groups in total. The number of rotatable bonds is 7. The van der Waals surface area contributed by atoms with Crippen molar-refractivity contribution in [2.24, 2.45) is 0 Å². The smallest absolute Gasteiger partial charge is 0.237 e. The number of ether oxygens (including phenoxy) is 1. The van der Waals surface area contributed by atoms with Crippen LogP contribution in [0, 0.1) is 6.92 Å². The highest BCUT2D eigenvalue weighted by Gasteiger charge is 2.17. The highest BCUT2D eigenvalue weighted by atomic mass is 32.2. The van der Waals surface area contributed by atoms with Crippen molar-refractivity contribution >= 4 is 28.6 Å². The summed E-state index contributed by atoms with van der Waals surface area (Å²) in [4.78, 5) is 0. The molecule has 0 aliphatic carbocycles. The summed E-state index contributed by atoms with van der Waals surface area (Å²) in [6.07, 6.45) is -0.594. The van der Waals surface area contributed by atoms with Crippen molar-refractivity contribution < 1.29 is 9.84 Å². The molecular weight excluding hydrogens is 360 g/mol. The molecule has 0 aliphatic heterocycles. The lowest BCUT2D eigenvalue weighted by atomic mass is 10.2. The summed E-state index contributed by atoms with van der Waals surface area (Å²) in [5, 5.41) is 19.7. The fourth-order valence-electron chi connectivity index (χ4n) is 3.09. The minimum atomic E-state index is -0.594. The standard InChI is InChI=1S/C20H22N4O2S/c1-3-23-17-6-4-5-7-18(17)24-19(23)21-22-20(24)27-13-15(25)12-26-16-10-8-14(2)9-11-16/h4-11,15,25H,3,12-13H2,1-2H3. The summed E-state index contributed by atoms with van der Waals surface area (Å²) < 4.78 is 9.86. The Labute approximate surface area is 161 Å². The number of aliphatic hydroxyl groups is 1. The van der Waals surface area contributed by atoms with Crippen LogP contribution in [0.4, 0.5) is 0 Å². The van der Waals surface area contributed by atoms with Crippen molar-refractivity contribution in [3.63, 3.8) is 0 Å². The van der Waals surface area contributed by atoms with E-state index < -0.39 is 6.10 Å². The van der Waals surface area contributed by atoms with Crippen LogP contribution in [0.3, 0.4) is 0 Å². The maximum atomic E-state index is 10.3. The zero-order chi connectivity index (χ0) is 18.8.